The summed E-state index contributed by atoms with van der Waals surface area (Å²) < 4.78 is 17.4. The average molecular weight is 571 g/mol. The zero-order chi connectivity index (χ0) is 29.4. The normalized spacial score (nSPS) is 30.1. The summed E-state index contributed by atoms with van der Waals surface area (Å²) in [6.45, 7) is 11.8. The number of amides is 1. The molecule has 0 saturated carbocycles. The second-order valence-electron chi connectivity index (χ2n) is 11.6. The van der Waals surface area contributed by atoms with E-state index < -0.39 is 24.3 Å². The highest BCUT2D eigenvalue weighted by molar-refractivity contribution is 5.71. The fraction of sp³-hybridized carbons (Fsp3) is 0.645. The molecule has 1 amide bonds. The first-order valence-electron chi connectivity index (χ1n) is 14.9. The van der Waals surface area contributed by atoms with Gasteiger partial charge in [-0.3, -0.25) is 4.79 Å². The molecule has 0 spiro atoms. The molecule has 41 heavy (non-hydrogen) atoms. The minimum Gasteiger partial charge on any atom is -0.457 e. The van der Waals surface area contributed by atoms with Gasteiger partial charge >= 0.3 is 12.1 Å². The van der Waals surface area contributed by atoms with Gasteiger partial charge in [-0.1, -0.05) is 26.0 Å². The zero-order valence-electron chi connectivity index (χ0n) is 24.9. The number of nitrogens with zero attached hydrogens (tertiary/aromatic N) is 4. The van der Waals surface area contributed by atoms with Crippen LogP contribution in [0.4, 0.5) is 10.6 Å². The highest BCUT2D eigenvalue weighted by Crippen LogP contribution is 2.26. The van der Waals surface area contributed by atoms with Crippen LogP contribution in [0.3, 0.4) is 0 Å². The Morgan fingerprint density at radius 1 is 1.10 bits per heavy atom. The number of likely N-dealkylation sites (N-methyl/N-ethyl adjacent to an activating group) is 1. The number of carbonyl (C=O) groups is 2. The topological polar surface area (TPSA) is 105 Å². The third-order valence-corrected chi connectivity index (χ3v) is 8.20. The van der Waals surface area contributed by atoms with E-state index in [0.717, 1.165) is 43.1 Å². The van der Waals surface area contributed by atoms with Crippen LogP contribution in [0.2, 0.25) is 0 Å². The summed E-state index contributed by atoms with van der Waals surface area (Å²) in [4.78, 5) is 36.5. The Kier molecular flexibility index (Phi) is 11.2. The van der Waals surface area contributed by atoms with Crippen molar-refractivity contribution in [1.29, 1.82) is 0 Å². The Bertz CT molecular complexity index is 1080. The maximum Gasteiger partial charge on any atom is 0.410 e. The Labute approximate surface area is 243 Å². The Morgan fingerprint density at radius 3 is 2.56 bits per heavy atom. The third-order valence-electron chi connectivity index (χ3n) is 8.20. The SMILES string of the molecule is C/C(=C\c1ccnc(N2CCOCC2)c1)[C@H]1OC(=O)C[C@H](O)CC[C@H](C)[C@@H](OC(=O)N2CCN(C)CC2)/C=C/[C@@H]1C. The lowest BCUT2D eigenvalue weighted by molar-refractivity contribution is -0.151. The van der Waals surface area contributed by atoms with Crippen LogP contribution in [0.1, 0.15) is 45.6 Å². The number of pyridine rings is 1. The third kappa shape index (κ3) is 9.02. The summed E-state index contributed by atoms with van der Waals surface area (Å²) in [5, 5.41) is 10.6. The van der Waals surface area contributed by atoms with E-state index in [2.05, 4.69) is 14.8 Å². The molecule has 10 nitrogen and oxygen atoms in total. The van der Waals surface area contributed by atoms with Crippen molar-refractivity contribution in [2.45, 2.75) is 58.3 Å². The molecule has 5 atom stereocenters. The Balaban J connectivity index is 1.53. The number of carbonyl (C=O) groups excluding carboxylic acids is 2. The van der Waals surface area contributed by atoms with Gasteiger partial charge in [-0.05, 0) is 62.1 Å². The van der Waals surface area contributed by atoms with Gasteiger partial charge in [0.1, 0.15) is 18.0 Å². The predicted octanol–water partition coefficient (Wildman–Crippen LogP) is 3.36. The number of piperazine rings is 1. The smallest absolute Gasteiger partial charge is 0.410 e. The molecule has 4 rings (SSSR count). The van der Waals surface area contributed by atoms with Crippen molar-refractivity contribution in [3.8, 4) is 0 Å². The number of rotatable bonds is 4. The van der Waals surface area contributed by atoms with Crippen molar-refractivity contribution in [1.82, 2.24) is 14.8 Å². The minimum absolute atomic E-state index is 0.0227. The van der Waals surface area contributed by atoms with Crippen molar-refractivity contribution in [3.63, 3.8) is 0 Å². The summed E-state index contributed by atoms with van der Waals surface area (Å²) >= 11 is 0. The summed E-state index contributed by atoms with van der Waals surface area (Å²) in [6.07, 6.45) is 6.55. The van der Waals surface area contributed by atoms with E-state index >= 15 is 0 Å². The molecule has 3 aliphatic heterocycles. The number of hydrogen-bond acceptors (Lipinski definition) is 9. The summed E-state index contributed by atoms with van der Waals surface area (Å²) in [6, 6.07) is 3.97. The molecular formula is C31H46N4O6. The van der Waals surface area contributed by atoms with Crippen LogP contribution < -0.4 is 4.90 Å². The van der Waals surface area contributed by atoms with Crippen molar-refractivity contribution in [2.75, 3.05) is 64.4 Å². The van der Waals surface area contributed by atoms with Gasteiger partial charge in [0, 0.05) is 51.4 Å². The van der Waals surface area contributed by atoms with Gasteiger partial charge in [-0.25, -0.2) is 9.78 Å². The first-order chi connectivity index (χ1) is 19.7. The van der Waals surface area contributed by atoms with Crippen LogP contribution in [0.15, 0.2) is 36.1 Å². The van der Waals surface area contributed by atoms with Crippen LogP contribution in [0, 0.1) is 11.8 Å². The monoisotopic (exact) mass is 570 g/mol. The number of morpholine rings is 1. The number of esters is 1. The van der Waals surface area contributed by atoms with Crippen LogP contribution in [-0.2, 0) is 19.0 Å². The molecule has 0 aromatic carbocycles. The largest absolute Gasteiger partial charge is 0.457 e. The number of aliphatic hydroxyl groups is 1. The molecule has 1 aromatic rings. The maximum atomic E-state index is 13.0. The molecule has 1 N–H and O–H groups in total. The molecule has 0 bridgehead atoms. The van der Waals surface area contributed by atoms with Crippen LogP contribution >= 0.6 is 0 Å². The van der Waals surface area contributed by atoms with E-state index in [1.54, 1.807) is 11.1 Å². The number of aromatic nitrogens is 1. The van der Waals surface area contributed by atoms with E-state index in [-0.39, 0.29) is 24.3 Å². The number of hydrogen-bond donors (Lipinski definition) is 1. The van der Waals surface area contributed by atoms with E-state index in [1.165, 1.54) is 0 Å². The summed E-state index contributed by atoms with van der Waals surface area (Å²) in [5.74, 6) is 0.251. The average Bonchev–Trinajstić information content (AvgIpc) is 2.97. The van der Waals surface area contributed by atoms with Crippen LogP contribution in [0.5, 0.6) is 0 Å². The molecule has 0 aliphatic carbocycles. The van der Waals surface area contributed by atoms with Gasteiger partial charge in [0.25, 0.3) is 0 Å². The molecule has 226 valence electrons. The number of anilines is 1. The lowest BCUT2D eigenvalue weighted by Crippen LogP contribution is -2.48. The zero-order valence-corrected chi connectivity index (χ0v) is 24.9. The molecule has 2 saturated heterocycles. The van der Waals surface area contributed by atoms with Crippen molar-refractivity contribution in [2.24, 2.45) is 11.8 Å². The maximum absolute atomic E-state index is 13.0. The second kappa shape index (κ2) is 14.8. The van der Waals surface area contributed by atoms with Crippen molar-refractivity contribution in [3.05, 3.63) is 41.6 Å². The standard InChI is InChI=1S/C31H46N4O6/c1-22-5-7-26(36)21-29(37)41-30(23(2)6-8-27(22)40-31(38)35-13-11-33(4)12-14-35)24(3)19-25-9-10-32-28(20-25)34-15-17-39-18-16-34/h6,8-10,19-20,22-23,26-27,30,36H,5,7,11-18,21H2,1-4H3/b8-6+,24-19+/t22-,23-,26+,27-,30-/m0/s1. The molecule has 4 heterocycles. The second-order valence-corrected chi connectivity index (χ2v) is 11.6. The first-order valence-corrected chi connectivity index (χ1v) is 14.9. The number of ether oxygens (including phenoxy) is 3. The molecular weight excluding hydrogens is 524 g/mol. The molecule has 2 fully saturated rings. The van der Waals surface area contributed by atoms with Crippen LogP contribution in [-0.4, -0.2) is 110 Å². The minimum atomic E-state index is -0.821. The fourth-order valence-electron chi connectivity index (χ4n) is 5.46. The fourth-order valence-corrected chi connectivity index (χ4v) is 5.46. The predicted molar refractivity (Wildman–Crippen MR) is 157 cm³/mol. The molecule has 3 aliphatic rings. The molecule has 10 heteroatoms. The van der Waals surface area contributed by atoms with Gasteiger partial charge in [0.2, 0.25) is 0 Å². The van der Waals surface area contributed by atoms with Crippen molar-refractivity contribution < 1.29 is 28.9 Å². The van der Waals surface area contributed by atoms with Gasteiger partial charge in [0.15, 0.2) is 0 Å². The van der Waals surface area contributed by atoms with E-state index in [1.807, 2.05) is 58.2 Å². The molecule has 0 radical (unpaired) electrons. The molecule has 1 aromatic heterocycles. The summed E-state index contributed by atoms with van der Waals surface area (Å²) in [5.41, 5.74) is 1.84. The lowest BCUT2D eigenvalue weighted by Gasteiger charge is -2.33. The highest BCUT2D eigenvalue weighted by Gasteiger charge is 2.29. The Morgan fingerprint density at radius 2 is 1.83 bits per heavy atom. The lowest BCUT2D eigenvalue weighted by atomic mass is 9.91. The Hall–Kier alpha value is -2.95. The highest BCUT2D eigenvalue weighted by atomic mass is 16.6. The number of cyclic esters (lactones) is 1. The van der Waals surface area contributed by atoms with Crippen molar-refractivity contribution >= 4 is 24.0 Å². The van der Waals surface area contributed by atoms with E-state index in [0.29, 0.717) is 39.1 Å². The van der Waals surface area contributed by atoms with Gasteiger partial charge in [0.05, 0.1) is 25.7 Å². The van der Waals surface area contributed by atoms with Gasteiger partial charge in [-0.15, -0.1) is 0 Å². The van der Waals surface area contributed by atoms with Gasteiger partial charge < -0.3 is 34.0 Å². The van der Waals surface area contributed by atoms with Gasteiger partial charge in [-0.2, -0.15) is 0 Å². The number of aliphatic hydroxyl groups excluding tert-OH is 1. The van der Waals surface area contributed by atoms with E-state index in [9.17, 15) is 14.7 Å². The first kappa shape index (κ1) is 31.0. The van der Waals surface area contributed by atoms with Crippen LogP contribution in [0.25, 0.3) is 6.08 Å². The summed E-state index contributed by atoms with van der Waals surface area (Å²) in [7, 11) is 2.05. The quantitative estimate of drug-likeness (QED) is 0.431. The molecule has 0 unspecified atom stereocenters. The van der Waals surface area contributed by atoms with E-state index in [4.69, 9.17) is 14.2 Å².